The van der Waals surface area contributed by atoms with Crippen LogP contribution in [0.25, 0.3) is 10.6 Å². The minimum absolute atomic E-state index is 0.179. The van der Waals surface area contributed by atoms with E-state index in [0.29, 0.717) is 42.1 Å². The Hall–Kier alpha value is -2.66. The Balaban J connectivity index is 1.28. The number of rotatable bonds is 8. The second-order valence-electron chi connectivity index (χ2n) is 8.75. The molecule has 1 aliphatic heterocycles. The summed E-state index contributed by atoms with van der Waals surface area (Å²) in [6.07, 6.45) is 0.922. The lowest BCUT2D eigenvalue weighted by Gasteiger charge is -2.33. The number of carbonyl (C=O) groups excluding carboxylic acids is 1. The lowest BCUT2D eigenvalue weighted by molar-refractivity contribution is -0.117. The van der Waals surface area contributed by atoms with Gasteiger partial charge in [-0.25, -0.2) is 8.42 Å². The summed E-state index contributed by atoms with van der Waals surface area (Å²) in [5.41, 5.74) is 2.09. The van der Waals surface area contributed by atoms with Crippen LogP contribution in [0.15, 0.2) is 59.5 Å². The van der Waals surface area contributed by atoms with Crippen molar-refractivity contribution >= 4 is 32.4 Å². The Labute approximate surface area is 204 Å². The number of hydrogen-bond acceptors (Lipinski definition) is 7. The summed E-state index contributed by atoms with van der Waals surface area (Å²) in [7, 11) is -3.54. The molecule has 1 aromatic heterocycles. The van der Waals surface area contributed by atoms with Crippen LogP contribution in [0, 0.1) is 5.92 Å². The lowest BCUT2D eigenvalue weighted by Crippen LogP contribution is -2.50. The van der Waals surface area contributed by atoms with E-state index in [1.807, 2.05) is 47.4 Å². The fourth-order valence-electron chi connectivity index (χ4n) is 3.88. The summed E-state index contributed by atoms with van der Waals surface area (Å²) in [5.74, 6) is 0.332. The number of piperazine rings is 1. The van der Waals surface area contributed by atoms with Crippen molar-refractivity contribution in [2.75, 3.05) is 38.0 Å². The topological polar surface area (TPSA) is 95.5 Å². The van der Waals surface area contributed by atoms with E-state index in [0.717, 1.165) is 22.6 Å². The molecule has 1 fully saturated rings. The zero-order chi connectivity index (χ0) is 24.1. The van der Waals surface area contributed by atoms with Gasteiger partial charge in [0.05, 0.1) is 11.4 Å². The van der Waals surface area contributed by atoms with Crippen LogP contribution >= 0.6 is 11.3 Å². The average Bonchev–Trinajstić information content (AvgIpc) is 3.28. The maximum absolute atomic E-state index is 13.0. The third-order valence-corrected chi connectivity index (χ3v) is 8.40. The lowest BCUT2D eigenvalue weighted by atomic mass is 10.0. The number of carbonyl (C=O) groups is 1. The van der Waals surface area contributed by atoms with Crippen LogP contribution in [-0.2, 0) is 21.2 Å². The van der Waals surface area contributed by atoms with Crippen LogP contribution in [0.5, 0.6) is 0 Å². The molecule has 4 rings (SSSR count). The molecule has 0 bridgehead atoms. The maximum Gasteiger partial charge on any atom is 0.243 e. The predicted octanol–water partition coefficient (Wildman–Crippen LogP) is 3.35. The number of nitrogens with one attached hydrogen (secondary N) is 1. The monoisotopic (exact) mass is 499 g/mol. The minimum atomic E-state index is -3.54. The Bertz CT molecular complexity index is 1200. The summed E-state index contributed by atoms with van der Waals surface area (Å²) in [5, 5.41) is 12.2. The SMILES string of the molecule is CC(C)Cc1ccc(S(=O)(=O)N2CCN(CC(=O)Nc3nnc(-c4ccccc4)s3)CC2)cc1. The summed E-state index contributed by atoms with van der Waals surface area (Å²) < 4.78 is 27.5. The molecule has 0 spiro atoms. The highest BCUT2D eigenvalue weighted by atomic mass is 32.2. The molecular weight excluding hydrogens is 470 g/mol. The second kappa shape index (κ2) is 10.7. The van der Waals surface area contributed by atoms with Crippen molar-refractivity contribution in [1.82, 2.24) is 19.4 Å². The van der Waals surface area contributed by atoms with Gasteiger partial charge >= 0.3 is 0 Å². The first kappa shape index (κ1) is 24.5. The molecule has 2 heterocycles. The number of anilines is 1. The van der Waals surface area contributed by atoms with Crippen LogP contribution in [-0.4, -0.2) is 66.5 Å². The van der Waals surface area contributed by atoms with Gasteiger partial charge in [0.15, 0.2) is 0 Å². The fourth-order valence-corrected chi connectivity index (χ4v) is 6.07. The van der Waals surface area contributed by atoms with Crippen molar-refractivity contribution in [3.05, 3.63) is 60.2 Å². The molecule has 1 saturated heterocycles. The first-order chi connectivity index (χ1) is 16.3. The average molecular weight is 500 g/mol. The zero-order valence-corrected chi connectivity index (χ0v) is 21.0. The third-order valence-electron chi connectivity index (χ3n) is 5.60. The second-order valence-corrected chi connectivity index (χ2v) is 11.7. The van der Waals surface area contributed by atoms with E-state index in [-0.39, 0.29) is 12.5 Å². The number of benzene rings is 2. The number of sulfonamides is 1. The first-order valence-electron chi connectivity index (χ1n) is 11.3. The van der Waals surface area contributed by atoms with Crippen molar-refractivity contribution in [1.29, 1.82) is 0 Å². The Kier molecular flexibility index (Phi) is 7.72. The van der Waals surface area contributed by atoms with E-state index in [4.69, 9.17) is 0 Å². The summed E-state index contributed by atoms with van der Waals surface area (Å²) in [6.45, 7) is 6.13. The molecule has 0 radical (unpaired) electrons. The van der Waals surface area contributed by atoms with Crippen molar-refractivity contribution in [2.24, 2.45) is 5.92 Å². The molecule has 10 heteroatoms. The highest BCUT2D eigenvalue weighted by Crippen LogP contribution is 2.26. The van der Waals surface area contributed by atoms with Gasteiger partial charge in [-0.05, 0) is 30.0 Å². The molecule has 8 nitrogen and oxygen atoms in total. The normalized spacial score (nSPS) is 15.5. The highest BCUT2D eigenvalue weighted by Gasteiger charge is 2.29. The number of amides is 1. The standard InChI is InChI=1S/C24H29N5O3S2/c1-18(2)16-19-8-10-21(11-9-19)34(31,32)29-14-12-28(13-15-29)17-22(30)25-24-27-26-23(33-24)20-6-4-3-5-7-20/h3-11,18H,12-17H2,1-2H3,(H,25,27,30). The molecular formula is C24H29N5O3S2. The van der Waals surface area contributed by atoms with Gasteiger partial charge in [-0.2, -0.15) is 4.31 Å². The molecule has 2 aromatic carbocycles. The number of hydrogen-bond donors (Lipinski definition) is 1. The van der Waals surface area contributed by atoms with Gasteiger partial charge in [0.1, 0.15) is 5.01 Å². The van der Waals surface area contributed by atoms with Crippen LogP contribution in [0.3, 0.4) is 0 Å². The van der Waals surface area contributed by atoms with E-state index in [2.05, 4.69) is 29.4 Å². The van der Waals surface area contributed by atoms with Crippen LogP contribution < -0.4 is 5.32 Å². The molecule has 0 unspecified atom stereocenters. The number of nitrogens with zero attached hydrogens (tertiary/aromatic N) is 4. The molecule has 34 heavy (non-hydrogen) atoms. The molecule has 180 valence electrons. The zero-order valence-electron chi connectivity index (χ0n) is 19.3. The van der Waals surface area contributed by atoms with Gasteiger partial charge in [0, 0.05) is 31.7 Å². The van der Waals surface area contributed by atoms with E-state index in [1.54, 1.807) is 12.1 Å². The smallest absolute Gasteiger partial charge is 0.243 e. The molecule has 1 aliphatic rings. The van der Waals surface area contributed by atoms with Crippen molar-refractivity contribution < 1.29 is 13.2 Å². The van der Waals surface area contributed by atoms with Gasteiger partial charge in [-0.15, -0.1) is 10.2 Å². The molecule has 0 atom stereocenters. The Morgan fingerprint density at radius 3 is 2.32 bits per heavy atom. The van der Waals surface area contributed by atoms with Crippen molar-refractivity contribution in [3.63, 3.8) is 0 Å². The van der Waals surface area contributed by atoms with E-state index < -0.39 is 10.0 Å². The Morgan fingerprint density at radius 1 is 1.00 bits per heavy atom. The third kappa shape index (κ3) is 6.06. The summed E-state index contributed by atoms with van der Waals surface area (Å²) >= 11 is 1.32. The minimum Gasteiger partial charge on any atom is -0.299 e. The molecule has 1 amide bonds. The summed E-state index contributed by atoms with van der Waals surface area (Å²) in [6, 6.07) is 16.8. The fraction of sp³-hybridized carbons (Fsp3) is 0.375. The van der Waals surface area contributed by atoms with E-state index in [9.17, 15) is 13.2 Å². The van der Waals surface area contributed by atoms with Crippen LogP contribution in [0.1, 0.15) is 19.4 Å². The Morgan fingerprint density at radius 2 is 1.68 bits per heavy atom. The van der Waals surface area contributed by atoms with Crippen molar-refractivity contribution in [3.8, 4) is 10.6 Å². The molecule has 0 aliphatic carbocycles. The van der Waals surface area contributed by atoms with Gasteiger partial charge in [0.2, 0.25) is 21.1 Å². The van der Waals surface area contributed by atoms with Crippen molar-refractivity contribution in [2.45, 2.75) is 25.2 Å². The maximum atomic E-state index is 13.0. The molecule has 3 aromatic rings. The highest BCUT2D eigenvalue weighted by molar-refractivity contribution is 7.89. The van der Waals surface area contributed by atoms with Gasteiger partial charge < -0.3 is 0 Å². The van der Waals surface area contributed by atoms with Gasteiger partial charge in [0.25, 0.3) is 0 Å². The van der Waals surface area contributed by atoms with Gasteiger partial charge in [-0.3, -0.25) is 15.0 Å². The largest absolute Gasteiger partial charge is 0.299 e. The predicted molar refractivity (Wildman–Crippen MR) is 134 cm³/mol. The summed E-state index contributed by atoms with van der Waals surface area (Å²) in [4.78, 5) is 14.8. The van der Waals surface area contributed by atoms with Gasteiger partial charge in [-0.1, -0.05) is 67.6 Å². The van der Waals surface area contributed by atoms with E-state index >= 15 is 0 Å². The molecule has 0 saturated carbocycles. The first-order valence-corrected chi connectivity index (χ1v) is 13.6. The molecule has 1 N–H and O–H groups in total. The van der Waals surface area contributed by atoms with Crippen LogP contribution in [0.4, 0.5) is 5.13 Å². The van der Waals surface area contributed by atoms with E-state index in [1.165, 1.54) is 15.6 Å². The van der Waals surface area contributed by atoms with Crippen LogP contribution in [0.2, 0.25) is 0 Å². The number of aromatic nitrogens is 2. The quantitative estimate of drug-likeness (QED) is 0.511.